The fourth-order valence-corrected chi connectivity index (χ4v) is 1.35. The summed E-state index contributed by atoms with van der Waals surface area (Å²) in [4.78, 5) is 11.1. The van der Waals surface area contributed by atoms with Crippen molar-refractivity contribution in [3.05, 3.63) is 34.9 Å². The summed E-state index contributed by atoms with van der Waals surface area (Å²) in [6.07, 6.45) is -1.12. The molecule has 0 aliphatic carbocycles. The van der Waals surface area contributed by atoms with Crippen molar-refractivity contribution in [1.29, 1.82) is 0 Å². The van der Waals surface area contributed by atoms with Crippen molar-refractivity contribution < 1.29 is 14.6 Å². The molecule has 0 saturated heterocycles. The zero-order valence-corrected chi connectivity index (χ0v) is 6.86. The van der Waals surface area contributed by atoms with Crippen LogP contribution in [0.1, 0.15) is 27.8 Å². The van der Waals surface area contributed by atoms with Crippen LogP contribution < -0.4 is 5.73 Å². The molecule has 13 heavy (non-hydrogen) atoms. The third-order valence-electron chi connectivity index (χ3n) is 2.06. The number of benzene rings is 1. The Morgan fingerprint density at radius 2 is 2.31 bits per heavy atom. The molecule has 3 N–H and O–H groups in total. The maximum atomic E-state index is 11.1. The number of carbonyl (C=O) groups excluding carboxylic acids is 1. The van der Waals surface area contributed by atoms with E-state index >= 15 is 0 Å². The molecule has 0 amide bonds. The van der Waals surface area contributed by atoms with Gasteiger partial charge in [-0.05, 0) is 11.6 Å². The van der Waals surface area contributed by atoms with E-state index in [9.17, 15) is 9.90 Å². The number of hydrogen-bond acceptors (Lipinski definition) is 4. The number of aliphatic hydroxyl groups is 1. The third kappa shape index (κ3) is 1.20. The van der Waals surface area contributed by atoms with E-state index in [1.165, 1.54) is 0 Å². The van der Waals surface area contributed by atoms with Crippen molar-refractivity contribution in [2.75, 3.05) is 0 Å². The number of nitrogens with two attached hydrogens (primary N) is 1. The minimum Gasteiger partial charge on any atom is -0.428 e. The van der Waals surface area contributed by atoms with Crippen LogP contribution in [-0.2, 0) is 11.3 Å². The second-order valence-electron chi connectivity index (χ2n) is 2.88. The molecular formula is C9H9NO3. The highest BCUT2D eigenvalue weighted by molar-refractivity contribution is 5.93. The number of rotatable bonds is 1. The summed E-state index contributed by atoms with van der Waals surface area (Å²) >= 11 is 0. The van der Waals surface area contributed by atoms with Crippen molar-refractivity contribution in [2.45, 2.75) is 12.8 Å². The molecule has 1 aromatic carbocycles. The van der Waals surface area contributed by atoms with Crippen LogP contribution >= 0.6 is 0 Å². The number of cyclic esters (lactones) is 1. The van der Waals surface area contributed by atoms with Gasteiger partial charge < -0.3 is 15.6 Å². The van der Waals surface area contributed by atoms with Crippen LogP contribution in [0.15, 0.2) is 18.2 Å². The molecule has 1 aliphatic heterocycles. The Morgan fingerprint density at radius 3 is 3.00 bits per heavy atom. The fourth-order valence-electron chi connectivity index (χ4n) is 1.35. The van der Waals surface area contributed by atoms with Gasteiger partial charge in [-0.3, -0.25) is 0 Å². The predicted octanol–water partition coefficient (Wildman–Crippen LogP) is 0.307. The molecule has 4 nitrogen and oxygen atoms in total. The Bertz CT molecular complexity index is 362. The average molecular weight is 179 g/mol. The standard InChI is InChI=1S/C9H9NO3/c10-4-5-1-2-6-7(3-5)9(12)13-8(6)11/h1-3,8,11H,4,10H2. The Balaban J connectivity index is 2.52. The number of aliphatic hydroxyl groups excluding tert-OH is 1. The van der Waals surface area contributed by atoms with Gasteiger partial charge in [0, 0.05) is 12.1 Å². The van der Waals surface area contributed by atoms with Crippen LogP contribution in [0.5, 0.6) is 0 Å². The van der Waals surface area contributed by atoms with E-state index in [1.807, 2.05) is 0 Å². The molecule has 1 unspecified atom stereocenters. The number of fused-ring (bicyclic) bond motifs is 1. The first-order valence-corrected chi connectivity index (χ1v) is 3.94. The summed E-state index contributed by atoms with van der Waals surface area (Å²) in [6, 6.07) is 5.07. The van der Waals surface area contributed by atoms with Gasteiger partial charge >= 0.3 is 5.97 Å². The number of ether oxygens (including phenoxy) is 1. The molecule has 1 aromatic rings. The van der Waals surface area contributed by atoms with E-state index < -0.39 is 12.3 Å². The first-order chi connectivity index (χ1) is 6.22. The molecule has 1 atom stereocenters. The highest BCUT2D eigenvalue weighted by Crippen LogP contribution is 2.28. The molecule has 0 radical (unpaired) electrons. The van der Waals surface area contributed by atoms with Crippen molar-refractivity contribution >= 4 is 5.97 Å². The summed E-state index contributed by atoms with van der Waals surface area (Å²) in [5.74, 6) is -0.488. The molecule has 0 fully saturated rings. The lowest BCUT2D eigenvalue weighted by molar-refractivity contribution is -0.0547. The van der Waals surface area contributed by atoms with Gasteiger partial charge in [-0.15, -0.1) is 0 Å². The summed E-state index contributed by atoms with van der Waals surface area (Å²) in [7, 11) is 0. The van der Waals surface area contributed by atoms with Crippen LogP contribution in [0, 0.1) is 0 Å². The van der Waals surface area contributed by atoms with Gasteiger partial charge in [0.2, 0.25) is 6.29 Å². The summed E-state index contributed by atoms with van der Waals surface area (Å²) in [5, 5.41) is 9.24. The number of esters is 1. The second-order valence-corrected chi connectivity index (χ2v) is 2.88. The quantitative estimate of drug-likeness (QED) is 0.608. The zero-order valence-electron chi connectivity index (χ0n) is 6.86. The van der Waals surface area contributed by atoms with Crippen LogP contribution in [0.3, 0.4) is 0 Å². The van der Waals surface area contributed by atoms with E-state index in [1.54, 1.807) is 18.2 Å². The second kappa shape index (κ2) is 2.83. The maximum absolute atomic E-state index is 11.1. The number of carbonyl (C=O) groups is 1. The maximum Gasteiger partial charge on any atom is 0.341 e. The number of hydrogen-bond donors (Lipinski definition) is 2. The monoisotopic (exact) mass is 179 g/mol. The first kappa shape index (κ1) is 8.22. The first-order valence-electron chi connectivity index (χ1n) is 3.94. The van der Waals surface area contributed by atoms with Gasteiger partial charge in [-0.2, -0.15) is 0 Å². The van der Waals surface area contributed by atoms with Crippen molar-refractivity contribution in [3.63, 3.8) is 0 Å². The SMILES string of the molecule is NCc1ccc2c(c1)C(=O)OC2O. The van der Waals surface area contributed by atoms with Gasteiger partial charge in [0.05, 0.1) is 5.56 Å². The molecule has 4 heteroatoms. The Kier molecular flexibility index (Phi) is 1.79. The van der Waals surface area contributed by atoms with E-state index in [0.29, 0.717) is 17.7 Å². The fraction of sp³-hybridized carbons (Fsp3) is 0.222. The van der Waals surface area contributed by atoms with E-state index in [2.05, 4.69) is 4.74 Å². The molecule has 0 aromatic heterocycles. The van der Waals surface area contributed by atoms with Gasteiger partial charge in [-0.1, -0.05) is 12.1 Å². The van der Waals surface area contributed by atoms with Gasteiger partial charge in [0.15, 0.2) is 0 Å². The van der Waals surface area contributed by atoms with E-state index in [4.69, 9.17) is 5.73 Å². The molecule has 0 bridgehead atoms. The molecule has 0 saturated carbocycles. The molecule has 68 valence electrons. The molecule has 1 aliphatic rings. The van der Waals surface area contributed by atoms with Crippen molar-refractivity contribution in [3.8, 4) is 0 Å². The summed E-state index contributed by atoms with van der Waals surface area (Å²) in [6.45, 7) is 0.372. The Hall–Kier alpha value is -1.39. The van der Waals surface area contributed by atoms with E-state index in [-0.39, 0.29) is 0 Å². The zero-order chi connectivity index (χ0) is 9.42. The summed E-state index contributed by atoms with van der Waals surface area (Å²) < 4.78 is 4.61. The van der Waals surface area contributed by atoms with Crippen LogP contribution in [0.2, 0.25) is 0 Å². The van der Waals surface area contributed by atoms with Gasteiger partial charge in [0.25, 0.3) is 0 Å². The van der Waals surface area contributed by atoms with Gasteiger partial charge in [0.1, 0.15) is 0 Å². The minimum atomic E-state index is -1.12. The highest BCUT2D eigenvalue weighted by atomic mass is 16.6. The van der Waals surface area contributed by atoms with Crippen LogP contribution in [0.4, 0.5) is 0 Å². The lowest BCUT2D eigenvalue weighted by Crippen LogP contribution is -1.99. The lowest BCUT2D eigenvalue weighted by atomic mass is 10.1. The summed E-state index contributed by atoms with van der Waals surface area (Å²) in [5.41, 5.74) is 7.19. The average Bonchev–Trinajstić information content (AvgIpc) is 2.42. The lowest BCUT2D eigenvalue weighted by Gasteiger charge is -2.01. The minimum absolute atomic E-state index is 0.372. The molecule has 2 rings (SSSR count). The smallest absolute Gasteiger partial charge is 0.341 e. The highest BCUT2D eigenvalue weighted by Gasteiger charge is 2.29. The molecule has 0 spiro atoms. The van der Waals surface area contributed by atoms with Crippen molar-refractivity contribution in [2.24, 2.45) is 5.73 Å². The Morgan fingerprint density at radius 1 is 1.54 bits per heavy atom. The topological polar surface area (TPSA) is 72.6 Å². The predicted molar refractivity (Wildman–Crippen MR) is 44.7 cm³/mol. The van der Waals surface area contributed by atoms with Gasteiger partial charge in [-0.25, -0.2) is 4.79 Å². The van der Waals surface area contributed by atoms with Crippen molar-refractivity contribution in [1.82, 2.24) is 0 Å². The van der Waals surface area contributed by atoms with Crippen LogP contribution in [0.25, 0.3) is 0 Å². The molecule has 1 heterocycles. The third-order valence-corrected chi connectivity index (χ3v) is 2.06. The molecular weight excluding hydrogens is 170 g/mol. The van der Waals surface area contributed by atoms with Crippen LogP contribution in [-0.4, -0.2) is 11.1 Å². The normalized spacial score (nSPS) is 19.8. The largest absolute Gasteiger partial charge is 0.428 e. The van der Waals surface area contributed by atoms with E-state index in [0.717, 1.165) is 5.56 Å². The Labute approximate surface area is 74.9 Å².